The van der Waals surface area contributed by atoms with Gasteiger partial charge >= 0.3 is 6.03 Å². The van der Waals surface area contributed by atoms with Gasteiger partial charge in [-0.25, -0.2) is 4.79 Å². The van der Waals surface area contributed by atoms with Crippen molar-refractivity contribution in [2.24, 2.45) is 11.8 Å². The van der Waals surface area contributed by atoms with Crippen LogP contribution in [0.1, 0.15) is 58.8 Å². The van der Waals surface area contributed by atoms with Crippen molar-refractivity contribution in [1.29, 1.82) is 0 Å². The van der Waals surface area contributed by atoms with Crippen LogP contribution in [0.15, 0.2) is 0 Å². The van der Waals surface area contributed by atoms with Crippen molar-refractivity contribution >= 4 is 6.03 Å². The molecule has 110 valence electrons. The lowest BCUT2D eigenvalue weighted by Gasteiger charge is -2.34. The third-order valence-corrected chi connectivity index (χ3v) is 4.78. The molecule has 3 N–H and O–H groups in total. The maximum Gasteiger partial charge on any atom is 0.315 e. The molecule has 0 aromatic heterocycles. The molecule has 0 bridgehead atoms. The molecular weight excluding hydrogens is 240 g/mol. The maximum atomic E-state index is 12.0. The number of hydrogen-bond acceptors (Lipinski definition) is 2. The Balaban J connectivity index is 1.72. The van der Waals surface area contributed by atoms with Crippen LogP contribution in [0.4, 0.5) is 4.79 Å². The Morgan fingerprint density at radius 2 is 1.68 bits per heavy atom. The summed E-state index contributed by atoms with van der Waals surface area (Å²) < 4.78 is 0. The molecule has 2 saturated carbocycles. The predicted molar refractivity (Wildman–Crippen MR) is 75.9 cm³/mol. The topological polar surface area (TPSA) is 61.4 Å². The van der Waals surface area contributed by atoms with E-state index in [2.05, 4.69) is 24.5 Å². The average Bonchev–Trinajstić information content (AvgIpc) is 2.36. The highest BCUT2D eigenvalue weighted by atomic mass is 16.3. The molecule has 2 rings (SSSR count). The fourth-order valence-electron chi connectivity index (χ4n) is 3.50. The molecule has 3 atom stereocenters. The maximum absolute atomic E-state index is 12.0. The van der Waals surface area contributed by atoms with Gasteiger partial charge < -0.3 is 15.7 Å². The van der Waals surface area contributed by atoms with Crippen molar-refractivity contribution in [2.45, 2.75) is 77.0 Å². The summed E-state index contributed by atoms with van der Waals surface area (Å²) in [6.45, 7) is 4.53. The molecule has 0 aromatic carbocycles. The quantitative estimate of drug-likeness (QED) is 0.720. The van der Waals surface area contributed by atoms with E-state index in [1.807, 2.05) is 0 Å². The SMILES string of the molecule is CC1CCC(NC(=O)NC2CCC(O)CC2)C(C)C1. The lowest BCUT2D eigenvalue weighted by atomic mass is 9.80. The van der Waals surface area contributed by atoms with Crippen LogP contribution in [0, 0.1) is 11.8 Å². The highest BCUT2D eigenvalue weighted by molar-refractivity contribution is 5.74. The Labute approximate surface area is 116 Å². The molecule has 0 radical (unpaired) electrons. The molecule has 0 aromatic rings. The lowest BCUT2D eigenvalue weighted by Crippen LogP contribution is -2.50. The minimum atomic E-state index is -0.166. The molecule has 2 fully saturated rings. The molecule has 4 heteroatoms. The Morgan fingerprint density at radius 3 is 2.32 bits per heavy atom. The number of aliphatic hydroxyl groups is 1. The first-order valence-electron chi connectivity index (χ1n) is 7.79. The summed E-state index contributed by atoms with van der Waals surface area (Å²) in [4.78, 5) is 12.0. The first-order valence-corrected chi connectivity index (χ1v) is 7.79. The van der Waals surface area contributed by atoms with Gasteiger partial charge in [-0.15, -0.1) is 0 Å². The molecular formula is C15H28N2O2. The second-order valence-electron chi connectivity index (χ2n) is 6.63. The number of aliphatic hydroxyl groups excluding tert-OH is 1. The van der Waals surface area contributed by atoms with E-state index < -0.39 is 0 Å². The van der Waals surface area contributed by atoms with Crippen molar-refractivity contribution in [2.75, 3.05) is 0 Å². The van der Waals surface area contributed by atoms with Crippen LogP contribution in [-0.4, -0.2) is 29.3 Å². The molecule has 2 aliphatic rings. The van der Waals surface area contributed by atoms with Crippen LogP contribution in [0.25, 0.3) is 0 Å². The van der Waals surface area contributed by atoms with Crippen molar-refractivity contribution in [1.82, 2.24) is 10.6 Å². The van der Waals surface area contributed by atoms with E-state index in [0.717, 1.165) is 38.0 Å². The minimum absolute atomic E-state index is 0.0206. The average molecular weight is 268 g/mol. The summed E-state index contributed by atoms with van der Waals surface area (Å²) >= 11 is 0. The van der Waals surface area contributed by atoms with Gasteiger partial charge in [0.15, 0.2) is 0 Å². The molecule has 0 aliphatic heterocycles. The van der Waals surface area contributed by atoms with Gasteiger partial charge in [-0.05, 0) is 56.8 Å². The van der Waals surface area contributed by atoms with Crippen LogP contribution in [0.2, 0.25) is 0 Å². The zero-order valence-electron chi connectivity index (χ0n) is 12.2. The Morgan fingerprint density at radius 1 is 1.00 bits per heavy atom. The van der Waals surface area contributed by atoms with Gasteiger partial charge in [-0.3, -0.25) is 0 Å². The van der Waals surface area contributed by atoms with Gasteiger partial charge in [0.25, 0.3) is 0 Å². The standard InChI is InChI=1S/C15H28N2O2/c1-10-3-8-14(11(2)9-10)17-15(19)16-12-4-6-13(18)7-5-12/h10-14,18H,3-9H2,1-2H3,(H2,16,17,19). The van der Waals surface area contributed by atoms with Gasteiger partial charge in [-0.2, -0.15) is 0 Å². The van der Waals surface area contributed by atoms with Crippen LogP contribution >= 0.6 is 0 Å². The smallest absolute Gasteiger partial charge is 0.315 e. The van der Waals surface area contributed by atoms with Crippen molar-refractivity contribution in [3.8, 4) is 0 Å². The summed E-state index contributed by atoms with van der Waals surface area (Å²) in [5.74, 6) is 1.36. The van der Waals surface area contributed by atoms with Gasteiger partial charge in [0.1, 0.15) is 0 Å². The summed E-state index contributed by atoms with van der Waals surface area (Å²) in [5, 5.41) is 15.6. The van der Waals surface area contributed by atoms with E-state index >= 15 is 0 Å². The van der Waals surface area contributed by atoms with E-state index in [1.54, 1.807) is 0 Å². The molecule has 0 heterocycles. The fourth-order valence-corrected chi connectivity index (χ4v) is 3.50. The number of rotatable bonds is 2. The normalized spacial score (nSPS) is 39.6. The number of urea groups is 1. The third-order valence-electron chi connectivity index (χ3n) is 4.78. The van der Waals surface area contributed by atoms with Crippen molar-refractivity contribution in [3.05, 3.63) is 0 Å². The fraction of sp³-hybridized carbons (Fsp3) is 0.933. The van der Waals surface area contributed by atoms with Gasteiger partial charge in [0, 0.05) is 12.1 Å². The molecule has 3 unspecified atom stereocenters. The summed E-state index contributed by atoms with van der Waals surface area (Å²) in [6.07, 6.45) is 6.76. The Bertz CT molecular complexity index is 301. The van der Waals surface area contributed by atoms with Gasteiger partial charge in [0.05, 0.1) is 6.10 Å². The largest absolute Gasteiger partial charge is 0.393 e. The number of carbonyl (C=O) groups excluding carboxylic acids is 1. The van der Waals surface area contributed by atoms with E-state index in [-0.39, 0.29) is 18.2 Å². The molecule has 2 amide bonds. The van der Waals surface area contributed by atoms with Crippen LogP contribution in [0.3, 0.4) is 0 Å². The highest BCUT2D eigenvalue weighted by Crippen LogP contribution is 2.28. The highest BCUT2D eigenvalue weighted by Gasteiger charge is 2.27. The summed E-state index contributed by atoms with van der Waals surface area (Å²) in [5.41, 5.74) is 0. The second-order valence-corrected chi connectivity index (χ2v) is 6.63. The first-order chi connectivity index (χ1) is 9.04. The third kappa shape index (κ3) is 4.37. The summed E-state index contributed by atoms with van der Waals surface area (Å²) in [7, 11) is 0. The van der Waals surface area contributed by atoms with Gasteiger partial charge in [0.2, 0.25) is 0 Å². The van der Waals surface area contributed by atoms with E-state index in [4.69, 9.17) is 0 Å². The zero-order chi connectivity index (χ0) is 13.8. The van der Waals surface area contributed by atoms with Crippen LogP contribution < -0.4 is 10.6 Å². The molecule has 2 aliphatic carbocycles. The molecule has 0 saturated heterocycles. The Hall–Kier alpha value is -0.770. The molecule has 4 nitrogen and oxygen atoms in total. The minimum Gasteiger partial charge on any atom is -0.393 e. The lowest BCUT2D eigenvalue weighted by molar-refractivity contribution is 0.117. The zero-order valence-corrected chi connectivity index (χ0v) is 12.2. The Kier molecular flexibility index (Phi) is 5.08. The number of carbonyl (C=O) groups is 1. The van der Waals surface area contributed by atoms with E-state index in [1.165, 1.54) is 12.8 Å². The van der Waals surface area contributed by atoms with Crippen LogP contribution in [-0.2, 0) is 0 Å². The van der Waals surface area contributed by atoms with Crippen molar-refractivity contribution in [3.63, 3.8) is 0 Å². The van der Waals surface area contributed by atoms with Crippen molar-refractivity contribution < 1.29 is 9.90 Å². The molecule has 19 heavy (non-hydrogen) atoms. The molecule has 0 spiro atoms. The van der Waals surface area contributed by atoms with E-state index in [0.29, 0.717) is 12.0 Å². The summed E-state index contributed by atoms with van der Waals surface area (Å²) in [6, 6.07) is 0.541. The monoisotopic (exact) mass is 268 g/mol. The second kappa shape index (κ2) is 6.60. The number of amides is 2. The number of hydrogen-bond donors (Lipinski definition) is 3. The van der Waals surface area contributed by atoms with E-state index in [9.17, 15) is 9.90 Å². The predicted octanol–water partition coefficient (Wildman–Crippen LogP) is 2.41. The first kappa shape index (κ1) is 14.6. The van der Waals surface area contributed by atoms with Gasteiger partial charge in [-0.1, -0.05) is 13.8 Å². The number of nitrogens with one attached hydrogen (secondary N) is 2. The van der Waals surface area contributed by atoms with Crippen LogP contribution in [0.5, 0.6) is 0 Å².